The van der Waals surface area contributed by atoms with Crippen LogP contribution in [0.3, 0.4) is 0 Å². The van der Waals surface area contributed by atoms with Gasteiger partial charge in [-0.1, -0.05) is 13.0 Å². The topological polar surface area (TPSA) is 50.7 Å². The Kier molecular flexibility index (Phi) is 5.67. The van der Waals surface area contributed by atoms with E-state index in [9.17, 15) is 0 Å². The number of ether oxygens (including phenoxy) is 2. The van der Waals surface area contributed by atoms with Crippen molar-refractivity contribution < 1.29 is 14.6 Å². The lowest BCUT2D eigenvalue weighted by Crippen LogP contribution is -2.20. The fourth-order valence-corrected chi connectivity index (χ4v) is 1.34. The Hall–Kier alpha value is -1.26. The number of aliphatic hydroxyl groups is 1. The van der Waals surface area contributed by atoms with E-state index in [2.05, 4.69) is 12.2 Å². The predicted molar refractivity (Wildman–Crippen MR) is 63.0 cm³/mol. The molecule has 0 spiro atoms. The van der Waals surface area contributed by atoms with Crippen LogP contribution in [0.5, 0.6) is 11.5 Å². The standard InChI is InChI=1S/C12H19NO3/c1-3-13-6-7-16-11-5-4-10(9-14)8-12(11)15-2/h4-5,8,13-14H,3,6-7,9H2,1-2H3. The van der Waals surface area contributed by atoms with Crippen LogP contribution in [-0.4, -0.2) is 31.9 Å². The normalized spacial score (nSPS) is 10.2. The van der Waals surface area contributed by atoms with E-state index in [1.807, 2.05) is 12.1 Å². The number of rotatable bonds is 7. The highest BCUT2D eigenvalue weighted by molar-refractivity contribution is 5.42. The van der Waals surface area contributed by atoms with Crippen molar-refractivity contribution in [2.75, 3.05) is 26.8 Å². The third kappa shape index (κ3) is 3.72. The lowest BCUT2D eigenvalue weighted by Gasteiger charge is -2.11. The fraction of sp³-hybridized carbons (Fsp3) is 0.500. The highest BCUT2D eigenvalue weighted by Crippen LogP contribution is 2.27. The van der Waals surface area contributed by atoms with Crippen LogP contribution in [0.1, 0.15) is 12.5 Å². The first kappa shape index (κ1) is 12.8. The summed E-state index contributed by atoms with van der Waals surface area (Å²) in [7, 11) is 1.59. The number of likely N-dealkylation sites (N-methyl/N-ethyl adjacent to an activating group) is 1. The van der Waals surface area contributed by atoms with E-state index in [0.29, 0.717) is 18.1 Å². The minimum absolute atomic E-state index is 0.00797. The molecule has 0 saturated heterocycles. The van der Waals surface area contributed by atoms with Crippen LogP contribution in [0.4, 0.5) is 0 Å². The van der Waals surface area contributed by atoms with Gasteiger partial charge in [0.05, 0.1) is 13.7 Å². The molecule has 0 unspecified atom stereocenters. The van der Waals surface area contributed by atoms with Crippen LogP contribution >= 0.6 is 0 Å². The van der Waals surface area contributed by atoms with Crippen molar-refractivity contribution in [2.24, 2.45) is 0 Å². The Bertz CT molecular complexity index is 315. The van der Waals surface area contributed by atoms with Crippen LogP contribution in [0.2, 0.25) is 0 Å². The summed E-state index contributed by atoms with van der Waals surface area (Å²) in [6.45, 7) is 4.40. The minimum atomic E-state index is 0.00797. The molecule has 0 aliphatic rings. The van der Waals surface area contributed by atoms with Crippen molar-refractivity contribution in [1.29, 1.82) is 0 Å². The number of methoxy groups -OCH3 is 1. The molecule has 0 amide bonds. The highest BCUT2D eigenvalue weighted by atomic mass is 16.5. The molecular formula is C12H19NO3. The second-order valence-corrected chi connectivity index (χ2v) is 3.35. The Labute approximate surface area is 96.2 Å². The van der Waals surface area contributed by atoms with Crippen molar-refractivity contribution in [2.45, 2.75) is 13.5 Å². The van der Waals surface area contributed by atoms with Gasteiger partial charge in [0.2, 0.25) is 0 Å². The molecule has 0 aliphatic carbocycles. The summed E-state index contributed by atoms with van der Waals surface area (Å²) in [5.74, 6) is 1.36. The number of hydrogen-bond donors (Lipinski definition) is 2. The van der Waals surface area contributed by atoms with Gasteiger partial charge in [-0.2, -0.15) is 0 Å². The van der Waals surface area contributed by atoms with Crippen LogP contribution in [0.25, 0.3) is 0 Å². The molecule has 0 saturated carbocycles. The molecule has 0 radical (unpaired) electrons. The van der Waals surface area contributed by atoms with Crippen molar-refractivity contribution in [3.05, 3.63) is 23.8 Å². The smallest absolute Gasteiger partial charge is 0.161 e. The van der Waals surface area contributed by atoms with Crippen LogP contribution < -0.4 is 14.8 Å². The van der Waals surface area contributed by atoms with Crippen LogP contribution in [0, 0.1) is 0 Å². The van der Waals surface area contributed by atoms with Gasteiger partial charge in [0, 0.05) is 6.54 Å². The zero-order valence-electron chi connectivity index (χ0n) is 9.82. The number of nitrogens with one attached hydrogen (secondary N) is 1. The molecule has 2 N–H and O–H groups in total. The van der Waals surface area contributed by atoms with Gasteiger partial charge in [-0.3, -0.25) is 0 Å². The fourth-order valence-electron chi connectivity index (χ4n) is 1.34. The Morgan fingerprint density at radius 3 is 2.75 bits per heavy atom. The SMILES string of the molecule is CCNCCOc1ccc(CO)cc1OC. The zero-order chi connectivity index (χ0) is 11.8. The van der Waals surface area contributed by atoms with Crippen molar-refractivity contribution in [1.82, 2.24) is 5.32 Å². The van der Waals surface area contributed by atoms with Crippen LogP contribution in [-0.2, 0) is 6.61 Å². The first-order chi connectivity index (χ1) is 7.81. The molecule has 1 aromatic carbocycles. The lowest BCUT2D eigenvalue weighted by atomic mass is 10.2. The summed E-state index contributed by atoms with van der Waals surface area (Å²) in [6.07, 6.45) is 0. The molecule has 4 heteroatoms. The van der Waals surface area contributed by atoms with Crippen molar-refractivity contribution >= 4 is 0 Å². The predicted octanol–water partition coefficient (Wildman–Crippen LogP) is 1.18. The third-order valence-electron chi connectivity index (χ3n) is 2.20. The first-order valence-corrected chi connectivity index (χ1v) is 5.43. The van der Waals surface area contributed by atoms with E-state index < -0.39 is 0 Å². The van der Waals surface area contributed by atoms with Gasteiger partial charge in [0.25, 0.3) is 0 Å². The molecule has 1 rings (SSSR count). The number of benzene rings is 1. The molecular weight excluding hydrogens is 206 g/mol. The zero-order valence-corrected chi connectivity index (χ0v) is 9.82. The molecule has 4 nitrogen and oxygen atoms in total. The maximum absolute atomic E-state index is 8.99. The lowest BCUT2D eigenvalue weighted by molar-refractivity contribution is 0.277. The first-order valence-electron chi connectivity index (χ1n) is 5.43. The van der Waals surface area contributed by atoms with E-state index in [0.717, 1.165) is 18.7 Å². The molecule has 0 fully saturated rings. The molecule has 90 valence electrons. The summed E-state index contributed by atoms with van der Waals surface area (Å²) in [5.41, 5.74) is 0.816. The summed E-state index contributed by atoms with van der Waals surface area (Å²) in [5, 5.41) is 12.2. The van der Waals surface area contributed by atoms with Gasteiger partial charge < -0.3 is 19.9 Å². The van der Waals surface area contributed by atoms with Gasteiger partial charge in [-0.15, -0.1) is 0 Å². The molecule has 0 aromatic heterocycles. The Morgan fingerprint density at radius 2 is 2.12 bits per heavy atom. The van der Waals surface area contributed by atoms with Crippen LogP contribution in [0.15, 0.2) is 18.2 Å². The van der Waals surface area contributed by atoms with Gasteiger partial charge in [0.1, 0.15) is 6.61 Å². The Morgan fingerprint density at radius 1 is 1.31 bits per heavy atom. The molecule has 0 heterocycles. The third-order valence-corrected chi connectivity index (χ3v) is 2.20. The quantitative estimate of drug-likeness (QED) is 0.684. The molecule has 0 bridgehead atoms. The van der Waals surface area contributed by atoms with Gasteiger partial charge >= 0.3 is 0 Å². The van der Waals surface area contributed by atoms with Crippen molar-refractivity contribution in [3.63, 3.8) is 0 Å². The largest absolute Gasteiger partial charge is 0.493 e. The summed E-state index contributed by atoms with van der Waals surface area (Å²) >= 11 is 0. The molecule has 16 heavy (non-hydrogen) atoms. The van der Waals surface area contributed by atoms with E-state index in [1.54, 1.807) is 13.2 Å². The minimum Gasteiger partial charge on any atom is -0.493 e. The molecule has 0 atom stereocenters. The average Bonchev–Trinajstić information content (AvgIpc) is 2.34. The van der Waals surface area contributed by atoms with E-state index in [1.165, 1.54) is 0 Å². The maximum Gasteiger partial charge on any atom is 0.161 e. The second kappa shape index (κ2) is 7.09. The monoisotopic (exact) mass is 225 g/mol. The second-order valence-electron chi connectivity index (χ2n) is 3.35. The highest BCUT2D eigenvalue weighted by Gasteiger charge is 2.04. The van der Waals surface area contributed by atoms with Crippen molar-refractivity contribution in [3.8, 4) is 11.5 Å². The van der Waals surface area contributed by atoms with Gasteiger partial charge in [-0.25, -0.2) is 0 Å². The summed E-state index contributed by atoms with van der Waals surface area (Å²) in [4.78, 5) is 0. The summed E-state index contributed by atoms with van der Waals surface area (Å²) < 4.78 is 10.7. The molecule has 0 aliphatic heterocycles. The average molecular weight is 225 g/mol. The summed E-state index contributed by atoms with van der Waals surface area (Å²) in [6, 6.07) is 5.42. The van der Waals surface area contributed by atoms with E-state index in [-0.39, 0.29) is 6.61 Å². The van der Waals surface area contributed by atoms with E-state index >= 15 is 0 Å². The van der Waals surface area contributed by atoms with E-state index in [4.69, 9.17) is 14.6 Å². The molecule has 1 aromatic rings. The Balaban J connectivity index is 2.57. The number of aliphatic hydroxyl groups excluding tert-OH is 1. The van der Waals surface area contributed by atoms with Gasteiger partial charge in [-0.05, 0) is 24.2 Å². The van der Waals surface area contributed by atoms with Gasteiger partial charge in [0.15, 0.2) is 11.5 Å². The maximum atomic E-state index is 8.99. The number of hydrogen-bond acceptors (Lipinski definition) is 4.